The van der Waals surface area contributed by atoms with Gasteiger partial charge in [-0.3, -0.25) is 4.79 Å². The molecule has 0 saturated heterocycles. The SMILES string of the molecule is CC=CCC=CC[C]=O. The molecule has 0 saturated carbocycles. The first-order chi connectivity index (χ1) is 4.41. The molecule has 0 aliphatic rings. The van der Waals surface area contributed by atoms with Crippen LogP contribution in [0.5, 0.6) is 0 Å². The maximum atomic E-state index is 9.64. The maximum absolute atomic E-state index is 9.64. The van der Waals surface area contributed by atoms with Crippen molar-refractivity contribution < 1.29 is 4.79 Å². The molecule has 0 heterocycles. The van der Waals surface area contributed by atoms with E-state index in [1.165, 1.54) is 0 Å². The Hall–Kier alpha value is -0.850. The molecule has 0 fully saturated rings. The van der Waals surface area contributed by atoms with Crippen LogP contribution in [0.1, 0.15) is 19.8 Å². The fourth-order valence-electron chi connectivity index (χ4n) is 0.442. The van der Waals surface area contributed by atoms with Crippen molar-refractivity contribution in [3.63, 3.8) is 0 Å². The zero-order valence-electron chi connectivity index (χ0n) is 5.63. The van der Waals surface area contributed by atoms with E-state index >= 15 is 0 Å². The van der Waals surface area contributed by atoms with E-state index in [0.29, 0.717) is 6.42 Å². The summed E-state index contributed by atoms with van der Waals surface area (Å²) in [6.45, 7) is 1.97. The Morgan fingerprint density at radius 1 is 1.33 bits per heavy atom. The van der Waals surface area contributed by atoms with E-state index in [0.717, 1.165) is 6.42 Å². The Balaban J connectivity index is 3.14. The zero-order valence-corrected chi connectivity index (χ0v) is 5.63. The van der Waals surface area contributed by atoms with Gasteiger partial charge in [0.2, 0.25) is 6.29 Å². The van der Waals surface area contributed by atoms with Crippen LogP contribution in [0, 0.1) is 0 Å². The second-order valence-corrected chi connectivity index (χ2v) is 1.62. The molecule has 1 radical (unpaired) electrons. The summed E-state index contributed by atoms with van der Waals surface area (Å²) in [5, 5.41) is 0. The molecule has 0 aromatic rings. The molecular weight excluding hydrogens is 112 g/mol. The largest absolute Gasteiger partial charge is 0.291 e. The Labute approximate surface area is 56.1 Å². The quantitative estimate of drug-likeness (QED) is 0.522. The van der Waals surface area contributed by atoms with Gasteiger partial charge >= 0.3 is 0 Å². The highest BCUT2D eigenvalue weighted by molar-refractivity contribution is 5.52. The van der Waals surface area contributed by atoms with Gasteiger partial charge in [0.05, 0.1) is 0 Å². The molecule has 0 aromatic carbocycles. The van der Waals surface area contributed by atoms with Crippen LogP contribution in [0.3, 0.4) is 0 Å². The highest BCUT2D eigenvalue weighted by atomic mass is 16.1. The van der Waals surface area contributed by atoms with E-state index in [2.05, 4.69) is 0 Å². The minimum atomic E-state index is 0.414. The van der Waals surface area contributed by atoms with Crippen molar-refractivity contribution in [2.24, 2.45) is 0 Å². The Morgan fingerprint density at radius 3 is 2.67 bits per heavy atom. The smallest absolute Gasteiger partial charge is 0.202 e. The second-order valence-electron chi connectivity index (χ2n) is 1.62. The summed E-state index contributed by atoms with van der Waals surface area (Å²) in [6.07, 6.45) is 10.9. The van der Waals surface area contributed by atoms with E-state index in [4.69, 9.17) is 0 Å². The molecule has 0 N–H and O–H groups in total. The third kappa shape index (κ3) is 7.15. The molecule has 0 spiro atoms. The van der Waals surface area contributed by atoms with Crippen molar-refractivity contribution in [3.05, 3.63) is 24.3 Å². The maximum Gasteiger partial charge on any atom is 0.202 e. The third-order valence-corrected chi connectivity index (χ3v) is 0.876. The van der Waals surface area contributed by atoms with E-state index in [1.807, 2.05) is 31.2 Å². The summed E-state index contributed by atoms with van der Waals surface area (Å²) in [5.41, 5.74) is 0. The van der Waals surface area contributed by atoms with Crippen molar-refractivity contribution in [2.45, 2.75) is 19.8 Å². The first-order valence-corrected chi connectivity index (χ1v) is 3.03. The molecule has 0 aromatic heterocycles. The Bertz CT molecular complexity index is 112. The van der Waals surface area contributed by atoms with E-state index in [1.54, 1.807) is 6.29 Å². The lowest BCUT2D eigenvalue weighted by atomic mass is 10.3. The van der Waals surface area contributed by atoms with Gasteiger partial charge in [0, 0.05) is 6.42 Å². The molecule has 49 valence electrons. The van der Waals surface area contributed by atoms with Gasteiger partial charge in [0.15, 0.2) is 0 Å². The summed E-state index contributed by atoms with van der Waals surface area (Å²) in [6, 6.07) is 0. The molecule has 0 atom stereocenters. The molecule has 9 heavy (non-hydrogen) atoms. The molecule has 0 amide bonds. The lowest BCUT2D eigenvalue weighted by Gasteiger charge is -1.76. The van der Waals surface area contributed by atoms with Gasteiger partial charge in [-0.25, -0.2) is 0 Å². The van der Waals surface area contributed by atoms with Crippen molar-refractivity contribution in [3.8, 4) is 0 Å². The van der Waals surface area contributed by atoms with Crippen molar-refractivity contribution >= 4 is 6.29 Å². The van der Waals surface area contributed by atoms with Gasteiger partial charge in [-0.1, -0.05) is 24.3 Å². The molecule has 0 unspecified atom stereocenters. The monoisotopic (exact) mass is 123 g/mol. The normalized spacial score (nSPS) is 11.2. The highest BCUT2D eigenvalue weighted by Crippen LogP contribution is 1.86. The average molecular weight is 123 g/mol. The van der Waals surface area contributed by atoms with Crippen LogP contribution in [0.4, 0.5) is 0 Å². The minimum Gasteiger partial charge on any atom is -0.291 e. The lowest BCUT2D eigenvalue weighted by Crippen LogP contribution is -1.64. The molecule has 0 rings (SSSR count). The van der Waals surface area contributed by atoms with E-state index < -0.39 is 0 Å². The molecule has 1 nitrogen and oxygen atoms in total. The highest BCUT2D eigenvalue weighted by Gasteiger charge is 1.71. The number of carbonyl (C=O) groups excluding carboxylic acids is 1. The molecule has 1 heteroatoms. The van der Waals surface area contributed by atoms with Crippen molar-refractivity contribution in [2.75, 3.05) is 0 Å². The minimum absolute atomic E-state index is 0.414. The van der Waals surface area contributed by atoms with Crippen LogP contribution < -0.4 is 0 Å². The fraction of sp³-hybridized carbons (Fsp3) is 0.375. The van der Waals surface area contributed by atoms with Crippen LogP contribution in [0.25, 0.3) is 0 Å². The standard InChI is InChI=1S/C8H11O/c1-2-3-4-5-6-7-8-9/h2-3,5-6H,4,7H2,1H3. The van der Waals surface area contributed by atoms with Gasteiger partial charge in [-0.2, -0.15) is 0 Å². The Kier molecular flexibility index (Phi) is 6.47. The first-order valence-electron chi connectivity index (χ1n) is 3.03. The summed E-state index contributed by atoms with van der Waals surface area (Å²) >= 11 is 0. The second kappa shape index (κ2) is 7.15. The predicted octanol–water partition coefficient (Wildman–Crippen LogP) is 2.01. The molecule has 0 aliphatic carbocycles. The van der Waals surface area contributed by atoms with Gasteiger partial charge in [0.25, 0.3) is 0 Å². The van der Waals surface area contributed by atoms with Gasteiger partial charge in [-0.05, 0) is 13.3 Å². The summed E-state index contributed by atoms with van der Waals surface area (Å²) in [4.78, 5) is 9.64. The van der Waals surface area contributed by atoms with Crippen molar-refractivity contribution in [1.29, 1.82) is 0 Å². The van der Waals surface area contributed by atoms with Gasteiger partial charge < -0.3 is 0 Å². The summed E-state index contributed by atoms with van der Waals surface area (Å²) < 4.78 is 0. The Morgan fingerprint density at radius 2 is 2.11 bits per heavy atom. The number of allylic oxidation sites excluding steroid dienone is 4. The number of hydrogen-bond acceptors (Lipinski definition) is 1. The van der Waals surface area contributed by atoms with Crippen LogP contribution in [0.15, 0.2) is 24.3 Å². The zero-order chi connectivity index (χ0) is 6.95. The third-order valence-electron chi connectivity index (χ3n) is 0.876. The van der Waals surface area contributed by atoms with E-state index in [9.17, 15) is 4.79 Å². The fourth-order valence-corrected chi connectivity index (χ4v) is 0.442. The van der Waals surface area contributed by atoms with Crippen LogP contribution in [-0.2, 0) is 4.79 Å². The van der Waals surface area contributed by atoms with Crippen LogP contribution >= 0.6 is 0 Å². The summed E-state index contributed by atoms with van der Waals surface area (Å²) in [5.74, 6) is 0. The summed E-state index contributed by atoms with van der Waals surface area (Å²) in [7, 11) is 0. The van der Waals surface area contributed by atoms with Crippen LogP contribution in [0.2, 0.25) is 0 Å². The first kappa shape index (κ1) is 8.15. The van der Waals surface area contributed by atoms with Crippen LogP contribution in [-0.4, -0.2) is 6.29 Å². The van der Waals surface area contributed by atoms with Gasteiger partial charge in [0.1, 0.15) is 0 Å². The molecule has 0 aliphatic heterocycles. The lowest BCUT2D eigenvalue weighted by molar-refractivity contribution is 0.556. The molecule has 0 bridgehead atoms. The van der Waals surface area contributed by atoms with Gasteiger partial charge in [-0.15, -0.1) is 0 Å². The average Bonchev–Trinajstić information content (AvgIpc) is 1.89. The predicted molar refractivity (Wildman–Crippen MR) is 38.9 cm³/mol. The van der Waals surface area contributed by atoms with E-state index in [-0.39, 0.29) is 0 Å². The number of rotatable bonds is 4. The molecular formula is C8H11O. The number of hydrogen-bond donors (Lipinski definition) is 0. The van der Waals surface area contributed by atoms with Crippen molar-refractivity contribution in [1.82, 2.24) is 0 Å². The topological polar surface area (TPSA) is 17.1 Å².